The maximum Gasteiger partial charge on any atom is 0.227 e. The molecule has 0 radical (unpaired) electrons. The molecule has 1 atom stereocenters. The first-order valence-electron chi connectivity index (χ1n) is 10.3. The number of amides is 1. The number of fused-ring (bicyclic) bond motifs is 1. The van der Waals surface area contributed by atoms with E-state index in [9.17, 15) is 17.6 Å². The van der Waals surface area contributed by atoms with Gasteiger partial charge in [0.05, 0.1) is 18.7 Å². The lowest BCUT2D eigenvalue weighted by atomic mass is 9.98. The van der Waals surface area contributed by atoms with E-state index in [1.807, 2.05) is 4.57 Å². The average Bonchev–Trinajstić information content (AvgIpc) is 3.18. The SMILES string of the molecule is CCS(=O)(=O)N1CCCC(c2nnc3n2CCN(C(=O)Cc2ccccc2F)C3)C1. The minimum absolute atomic E-state index is 0.00184. The van der Waals surface area contributed by atoms with Gasteiger partial charge >= 0.3 is 0 Å². The third-order valence-electron chi connectivity index (χ3n) is 5.94. The van der Waals surface area contributed by atoms with Crippen molar-refractivity contribution < 1.29 is 17.6 Å². The van der Waals surface area contributed by atoms with Gasteiger partial charge in [0.15, 0.2) is 5.82 Å². The molecule has 8 nitrogen and oxygen atoms in total. The average molecular weight is 436 g/mol. The lowest BCUT2D eigenvalue weighted by Gasteiger charge is -2.33. The molecule has 0 spiro atoms. The summed E-state index contributed by atoms with van der Waals surface area (Å²) in [6.07, 6.45) is 1.67. The van der Waals surface area contributed by atoms with Crippen molar-refractivity contribution in [1.29, 1.82) is 0 Å². The van der Waals surface area contributed by atoms with Crippen molar-refractivity contribution >= 4 is 15.9 Å². The Morgan fingerprint density at radius 3 is 2.77 bits per heavy atom. The van der Waals surface area contributed by atoms with Crippen LogP contribution in [0.25, 0.3) is 0 Å². The predicted octanol–water partition coefficient (Wildman–Crippen LogP) is 1.53. The molecule has 1 aromatic heterocycles. The fourth-order valence-corrected chi connectivity index (χ4v) is 5.38. The molecule has 4 rings (SSSR count). The van der Waals surface area contributed by atoms with Crippen molar-refractivity contribution in [3.63, 3.8) is 0 Å². The van der Waals surface area contributed by atoms with Crippen LogP contribution in [0.4, 0.5) is 4.39 Å². The quantitative estimate of drug-likeness (QED) is 0.711. The molecule has 0 bridgehead atoms. The number of sulfonamides is 1. The highest BCUT2D eigenvalue weighted by Crippen LogP contribution is 2.29. The van der Waals surface area contributed by atoms with Crippen LogP contribution in [0.1, 0.15) is 42.9 Å². The molecule has 0 aliphatic carbocycles. The lowest BCUT2D eigenvalue weighted by molar-refractivity contribution is -0.132. The molecule has 1 aromatic carbocycles. The van der Waals surface area contributed by atoms with Gasteiger partial charge in [-0.25, -0.2) is 17.1 Å². The summed E-state index contributed by atoms with van der Waals surface area (Å²) in [6.45, 7) is 4.00. The van der Waals surface area contributed by atoms with Gasteiger partial charge in [-0.15, -0.1) is 10.2 Å². The number of aromatic nitrogens is 3. The van der Waals surface area contributed by atoms with Crippen LogP contribution >= 0.6 is 0 Å². The zero-order valence-corrected chi connectivity index (χ0v) is 17.8. The van der Waals surface area contributed by atoms with Crippen LogP contribution in [0.5, 0.6) is 0 Å². The first kappa shape index (κ1) is 20.9. The maximum absolute atomic E-state index is 13.9. The molecular weight excluding hydrogens is 409 g/mol. The van der Waals surface area contributed by atoms with Gasteiger partial charge < -0.3 is 9.47 Å². The fourth-order valence-electron chi connectivity index (χ4n) is 4.20. The van der Waals surface area contributed by atoms with E-state index in [-0.39, 0.29) is 29.8 Å². The third kappa shape index (κ3) is 4.11. The van der Waals surface area contributed by atoms with Crippen molar-refractivity contribution in [2.75, 3.05) is 25.4 Å². The van der Waals surface area contributed by atoms with Gasteiger partial charge in [0.25, 0.3) is 0 Å². The van der Waals surface area contributed by atoms with E-state index in [4.69, 9.17) is 0 Å². The van der Waals surface area contributed by atoms with Crippen LogP contribution in [-0.2, 0) is 34.3 Å². The summed E-state index contributed by atoms with van der Waals surface area (Å²) >= 11 is 0. The van der Waals surface area contributed by atoms with E-state index in [0.717, 1.165) is 18.7 Å². The molecule has 2 aliphatic heterocycles. The summed E-state index contributed by atoms with van der Waals surface area (Å²) < 4.78 is 42.0. The number of benzene rings is 1. The van der Waals surface area contributed by atoms with Crippen molar-refractivity contribution in [2.45, 2.75) is 45.2 Å². The number of halogens is 1. The topological polar surface area (TPSA) is 88.4 Å². The summed E-state index contributed by atoms with van der Waals surface area (Å²) in [4.78, 5) is 14.3. The largest absolute Gasteiger partial charge is 0.333 e. The first-order valence-corrected chi connectivity index (χ1v) is 11.9. The van der Waals surface area contributed by atoms with Crippen LogP contribution in [0, 0.1) is 5.82 Å². The fraction of sp³-hybridized carbons (Fsp3) is 0.550. The number of carbonyl (C=O) groups is 1. The number of piperidine rings is 1. The monoisotopic (exact) mass is 435 g/mol. The van der Waals surface area contributed by atoms with Crippen LogP contribution < -0.4 is 0 Å². The molecule has 1 fully saturated rings. The Bertz CT molecular complexity index is 1040. The van der Waals surface area contributed by atoms with Crippen LogP contribution in [0.3, 0.4) is 0 Å². The van der Waals surface area contributed by atoms with Gasteiger partial charge in [-0.3, -0.25) is 4.79 Å². The highest BCUT2D eigenvalue weighted by atomic mass is 32.2. The molecule has 10 heteroatoms. The molecule has 1 unspecified atom stereocenters. The Balaban J connectivity index is 1.45. The van der Waals surface area contributed by atoms with E-state index in [1.54, 1.807) is 34.3 Å². The zero-order chi connectivity index (χ0) is 21.3. The first-order chi connectivity index (χ1) is 14.4. The smallest absolute Gasteiger partial charge is 0.227 e. The predicted molar refractivity (Wildman–Crippen MR) is 109 cm³/mol. The molecular formula is C20H26FN5O3S. The second-order valence-electron chi connectivity index (χ2n) is 7.81. The minimum Gasteiger partial charge on any atom is -0.333 e. The summed E-state index contributed by atoms with van der Waals surface area (Å²) in [5, 5.41) is 8.62. The second-order valence-corrected chi connectivity index (χ2v) is 10.1. The van der Waals surface area contributed by atoms with Crippen LogP contribution in [-0.4, -0.2) is 63.7 Å². The molecule has 30 heavy (non-hydrogen) atoms. The van der Waals surface area contributed by atoms with Gasteiger partial charge in [0.2, 0.25) is 15.9 Å². The number of hydrogen-bond acceptors (Lipinski definition) is 5. The molecule has 162 valence electrons. The van der Waals surface area contributed by atoms with Crippen LogP contribution in [0.15, 0.2) is 24.3 Å². The van der Waals surface area contributed by atoms with Gasteiger partial charge in [-0.05, 0) is 31.4 Å². The lowest BCUT2D eigenvalue weighted by Crippen LogP contribution is -2.42. The van der Waals surface area contributed by atoms with Crippen LogP contribution in [0.2, 0.25) is 0 Å². The van der Waals surface area contributed by atoms with E-state index in [1.165, 1.54) is 6.07 Å². The van der Waals surface area contributed by atoms with E-state index in [2.05, 4.69) is 10.2 Å². The molecule has 1 amide bonds. The van der Waals surface area contributed by atoms with Crippen molar-refractivity contribution in [2.24, 2.45) is 0 Å². The van der Waals surface area contributed by atoms with Crippen molar-refractivity contribution in [1.82, 2.24) is 24.0 Å². The Morgan fingerprint density at radius 1 is 1.20 bits per heavy atom. The molecule has 3 heterocycles. The zero-order valence-electron chi connectivity index (χ0n) is 17.0. The standard InChI is InChI=1S/C20H26FN5O3S/c1-2-30(28,29)25-9-5-7-16(13-25)20-23-22-18-14-24(10-11-26(18)20)19(27)12-15-6-3-4-8-17(15)21/h3-4,6,8,16H,2,5,7,9-14H2,1H3. The molecule has 0 saturated carbocycles. The Labute approximate surface area is 175 Å². The van der Waals surface area contributed by atoms with Crippen molar-refractivity contribution in [3.8, 4) is 0 Å². The second kappa shape index (κ2) is 8.43. The highest BCUT2D eigenvalue weighted by molar-refractivity contribution is 7.89. The van der Waals surface area contributed by atoms with Gasteiger partial charge in [0.1, 0.15) is 11.6 Å². The molecule has 2 aliphatic rings. The summed E-state index contributed by atoms with van der Waals surface area (Å²) in [7, 11) is -3.23. The summed E-state index contributed by atoms with van der Waals surface area (Å²) in [6, 6.07) is 6.30. The number of carbonyl (C=O) groups excluding carboxylic acids is 1. The number of rotatable bonds is 5. The van der Waals surface area contributed by atoms with Crippen molar-refractivity contribution in [3.05, 3.63) is 47.3 Å². The van der Waals surface area contributed by atoms with E-state index < -0.39 is 10.0 Å². The van der Waals surface area contributed by atoms with E-state index >= 15 is 0 Å². The molecule has 1 saturated heterocycles. The maximum atomic E-state index is 13.9. The molecule has 2 aromatic rings. The normalized spacial score (nSPS) is 20.2. The van der Waals surface area contributed by atoms with Gasteiger partial charge in [-0.2, -0.15) is 0 Å². The number of hydrogen-bond donors (Lipinski definition) is 0. The Kier molecular flexibility index (Phi) is 5.88. The summed E-state index contributed by atoms with van der Waals surface area (Å²) in [5.74, 6) is 1.06. The van der Waals surface area contributed by atoms with E-state index in [0.29, 0.717) is 44.1 Å². The van der Waals surface area contributed by atoms with Gasteiger partial charge in [0, 0.05) is 32.1 Å². The summed E-state index contributed by atoms with van der Waals surface area (Å²) in [5.41, 5.74) is 0.384. The van der Waals surface area contributed by atoms with Gasteiger partial charge in [-0.1, -0.05) is 18.2 Å². The molecule has 0 N–H and O–H groups in total. The Morgan fingerprint density at radius 2 is 2.00 bits per heavy atom. The highest BCUT2D eigenvalue weighted by Gasteiger charge is 2.33. The Hall–Kier alpha value is -2.33. The number of nitrogens with zero attached hydrogens (tertiary/aromatic N) is 5. The minimum atomic E-state index is -3.23. The third-order valence-corrected chi connectivity index (χ3v) is 7.79.